The van der Waals surface area contributed by atoms with Crippen molar-refractivity contribution < 1.29 is 5.11 Å². The van der Waals surface area contributed by atoms with Gasteiger partial charge in [-0.15, -0.1) is 0 Å². The summed E-state index contributed by atoms with van der Waals surface area (Å²) in [4.78, 5) is 0. The molecule has 0 saturated carbocycles. The maximum absolute atomic E-state index is 8.58. The molecule has 50 valence electrons. The van der Waals surface area contributed by atoms with Crippen molar-refractivity contribution in [2.45, 2.75) is 0 Å². The third-order valence-electron chi connectivity index (χ3n) is 0.588. The lowest BCUT2D eigenvalue weighted by Crippen LogP contribution is -1.90. The maximum atomic E-state index is 8.58. The van der Waals surface area contributed by atoms with E-state index in [1.54, 1.807) is 0 Å². The van der Waals surface area contributed by atoms with Gasteiger partial charge in [0.25, 0.3) is 0 Å². The first-order valence-electron chi connectivity index (χ1n) is 2.24. The van der Waals surface area contributed by atoms with Crippen LogP contribution in [0.15, 0.2) is 35.7 Å². The van der Waals surface area contributed by atoms with Crippen LogP contribution >= 0.6 is 11.6 Å². The Morgan fingerprint density at radius 2 is 2.00 bits per heavy atom. The highest BCUT2D eigenvalue weighted by atomic mass is 35.5. The topological polar surface area (TPSA) is 46.2 Å². The van der Waals surface area contributed by atoms with E-state index < -0.39 is 0 Å². The van der Waals surface area contributed by atoms with Crippen LogP contribution in [0.25, 0.3) is 0 Å². The van der Waals surface area contributed by atoms with Gasteiger partial charge in [0.05, 0.1) is 5.03 Å². The summed E-state index contributed by atoms with van der Waals surface area (Å²) in [6, 6.07) is 0. The average Bonchev–Trinajstić information content (AvgIpc) is 1.63. The van der Waals surface area contributed by atoms with E-state index in [1.165, 1.54) is 6.08 Å². The van der Waals surface area contributed by atoms with Crippen molar-refractivity contribution in [1.29, 1.82) is 0 Å². The molecule has 0 spiro atoms. The lowest BCUT2D eigenvalue weighted by atomic mass is 10.4. The van der Waals surface area contributed by atoms with E-state index in [9.17, 15) is 0 Å². The minimum absolute atomic E-state index is 0.113. The highest BCUT2D eigenvalue weighted by molar-refractivity contribution is 6.31. The third kappa shape index (κ3) is 3.67. The minimum atomic E-state index is -0.205. The van der Waals surface area contributed by atoms with Crippen LogP contribution in [0.5, 0.6) is 0 Å². The van der Waals surface area contributed by atoms with Crippen LogP contribution < -0.4 is 5.73 Å². The molecule has 0 aliphatic rings. The van der Waals surface area contributed by atoms with Gasteiger partial charge >= 0.3 is 0 Å². The molecular weight excluding hydrogens is 138 g/mol. The van der Waals surface area contributed by atoms with Gasteiger partial charge in [0.15, 0.2) is 0 Å². The average molecular weight is 146 g/mol. The second-order valence-electron chi connectivity index (χ2n) is 1.51. The van der Waals surface area contributed by atoms with Gasteiger partial charge in [0.2, 0.25) is 0 Å². The van der Waals surface area contributed by atoms with Gasteiger partial charge in [-0.3, -0.25) is 0 Å². The van der Waals surface area contributed by atoms with E-state index in [0.717, 1.165) is 0 Å². The molecule has 0 fully saturated rings. The molecule has 3 heteroatoms. The van der Waals surface area contributed by atoms with Gasteiger partial charge < -0.3 is 10.8 Å². The number of allylic oxidation sites excluding steroid dienone is 2. The summed E-state index contributed by atoms with van der Waals surface area (Å²) >= 11 is 5.38. The predicted octanol–water partition coefficient (Wildman–Crippen LogP) is 1.65. The van der Waals surface area contributed by atoms with Gasteiger partial charge in [-0.05, 0) is 6.08 Å². The SMILES string of the molecule is C=C(N)/C=C(/Cl)C(=C)O. The van der Waals surface area contributed by atoms with Crippen molar-refractivity contribution in [1.82, 2.24) is 0 Å². The smallest absolute Gasteiger partial charge is 0.127 e. The van der Waals surface area contributed by atoms with E-state index in [2.05, 4.69) is 13.2 Å². The van der Waals surface area contributed by atoms with E-state index in [1.807, 2.05) is 0 Å². The van der Waals surface area contributed by atoms with Crippen molar-refractivity contribution in [3.63, 3.8) is 0 Å². The molecule has 0 aromatic carbocycles. The lowest BCUT2D eigenvalue weighted by Gasteiger charge is -1.92. The number of aliphatic hydroxyl groups excluding tert-OH is 1. The number of rotatable bonds is 2. The predicted molar refractivity (Wildman–Crippen MR) is 39.0 cm³/mol. The van der Waals surface area contributed by atoms with Gasteiger partial charge in [0.1, 0.15) is 5.76 Å². The van der Waals surface area contributed by atoms with Crippen LogP contribution in [0, 0.1) is 0 Å². The fraction of sp³-hybridized carbons (Fsp3) is 0. The Morgan fingerprint density at radius 3 is 2.11 bits per heavy atom. The molecule has 0 amide bonds. The molecule has 0 saturated heterocycles. The second-order valence-corrected chi connectivity index (χ2v) is 1.92. The van der Waals surface area contributed by atoms with E-state index >= 15 is 0 Å². The molecule has 3 N–H and O–H groups in total. The van der Waals surface area contributed by atoms with Crippen LogP contribution in [0.2, 0.25) is 0 Å². The Balaban J connectivity index is 4.17. The highest BCUT2D eigenvalue weighted by Gasteiger charge is 1.92. The summed E-state index contributed by atoms with van der Waals surface area (Å²) in [6.45, 7) is 6.51. The number of hydrogen-bond acceptors (Lipinski definition) is 2. The molecule has 0 aromatic heterocycles. The number of halogens is 1. The van der Waals surface area contributed by atoms with E-state index in [0.29, 0.717) is 0 Å². The molecule has 0 radical (unpaired) electrons. The zero-order valence-electron chi connectivity index (χ0n) is 4.89. The first-order chi connectivity index (χ1) is 4.04. The normalized spacial score (nSPS) is 11.0. The fourth-order valence-electron chi connectivity index (χ4n) is 0.246. The number of nitrogens with two attached hydrogens (primary N) is 1. The third-order valence-corrected chi connectivity index (χ3v) is 0.915. The Hall–Kier alpha value is -0.890. The second kappa shape index (κ2) is 3.20. The summed E-state index contributed by atoms with van der Waals surface area (Å²) < 4.78 is 0. The summed E-state index contributed by atoms with van der Waals surface area (Å²) in [6.07, 6.45) is 1.32. The first-order valence-corrected chi connectivity index (χ1v) is 2.61. The van der Waals surface area contributed by atoms with Gasteiger partial charge in [-0.2, -0.15) is 0 Å². The van der Waals surface area contributed by atoms with Crippen LogP contribution in [0.4, 0.5) is 0 Å². The van der Waals surface area contributed by atoms with Crippen molar-refractivity contribution in [2.24, 2.45) is 5.73 Å². The zero-order valence-corrected chi connectivity index (χ0v) is 5.65. The molecule has 0 aromatic rings. The Morgan fingerprint density at radius 1 is 1.56 bits per heavy atom. The summed E-state index contributed by atoms with van der Waals surface area (Å²) in [5.41, 5.74) is 5.41. The molecule has 0 aliphatic carbocycles. The quantitative estimate of drug-likeness (QED) is 0.459. The zero-order chi connectivity index (χ0) is 7.44. The summed E-state index contributed by atoms with van der Waals surface area (Å²) in [7, 11) is 0. The monoisotopic (exact) mass is 145 g/mol. The molecule has 0 atom stereocenters. The first kappa shape index (κ1) is 8.11. The Labute approximate surface area is 58.9 Å². The Bertz CT molecular complexity index is 172. The molecule has 0 unspecified atom stereocenters. The largest absolute Gasteiger partial charge is 0.507 e. The fourth-order valence-corrected chi connectivity index (χ4v) is 0.386. The van der Waals surface area contributed by atoms with Crippen molar-refractivity contribution in [3.8, 4) is 0 Å². The molecule has 2 nitrogen and oxygen atoms in total. The van der Waals surface area contributed by atoms with Crippen LogP contribution in [-0.2, 0) is 0 Å². The number of hydrogen-bond donors (Lipinski definition) is 2. The summed E-state index contributed by atoms with van der Waals surface area (Å²) in [5.74, 6) is -0.205. The Kier molecular flexibility index (Phi) is 2.88. The summed E-state index contributed by atoms with van der Waals surface area (Å²) in [5, 5.41) is 8.69. The lowest BCUT2D eigenvalue weighted by molar-refractivity contribution is 0.432. The van der Waals surface area contributed by atoms with Gasteiger partial charge in [-0.1, -0.05) is 24.8 Å². The van der Waals surface area contributed by atoms with Gasteiger partial charge in [-0.25, -0.2) is 0 Å². The van der Waals surface area contributed by atoms with Crippen LogP contribution in [0.3, 0.4) is 0 Å². The van der Waals surface area contributed by atoms with Gasteiger partial charge in [0, 0.05) is 5.70 Å². The van der Waals surface area contributed by atoms with Crippen LogP contribution in [-0.4, -0.2) is 5.11 Å². The molecule has 0 bridgehead atoms. The van der Waals surface area contributed by atoms with Crippen molar-refractivity contribution >= 4 is 11.6 Å². The minimum Gasteiger partial charge on any atom is -0.507 e. The highest BCUT2D eigenvalue weighted by Crippen LogP contribution is 2.09. The van der Waals surface area contributed by atoms with E-state index in [4.69, 9.17) is 22.4 Å². The van der Waals surface area contributed by atoms with Crippen molar-refractivity contribution in [3.05, 3.63) is 35.7 Å². The molecule has 9 heavy (non-hydrogen) atoms. The van der Waals surface area contributed by atoms with Crippen LogP contribution in [0.1, 0.15) is 0 Å². The van der Waals surface area contributed by atoms with E-state index in [-0.39, 0.29) is 16.5 Å². The van der Waals surface area contributed by atoms with Crippen molar-refractivity contribution in [2.75, 3.05) is 0 Å². The number of aliphatic hydroxyl groups is 1. The molecular formula is C6H8ClNO. The molecule has 0 heterocycles. The molecule has 0 aliphatic heterocycles. The molecule has 0 rings (SSSR count). The standard InChI is InChI=1S/C6H8ClNO/c1-4(8)3-6(7)5(2)9/h3,9H,1-2,8H2/b6-3+. The maximum Gasteiger partial charge on any atom is 0.127 e.